The number of ether oxygens (including phenoxy) is 2. The molecule has 0 bridgehead atoms. The average Bonchev–Trinajstić information content (AvgIpc) is 2.40. The van der Waals surface area contributed by atoms with Gasteiger partial charge in [0.05, 0.1) is 19.6 Å². The summed E-state index contributed by atoms with van der Waals surface area (Å²) in [6.45, 7) is 2.53. The van der Waals surface area contributed by atoms with E-state index in [2.05, 4.69) is 0 Å². The van der Waals surface area contributed by atoms with Crippen molar-refractivity contribution in [3.8, 4) is 11.5 Å². The van der Waals surface area contributed by atoms with Gasteiger partial charge in [-0.25, -0.2) is 0 Å². The third kappa shape index (κ3) is 2.80. The highest BCUT2D eigenvalue weighted by Gasteiger charge is 2.25. The predicted molar refractivity (Wildman–Crippen MR) is 73.9 cm³/mol. The molecule has 1 atom stereocenters. The fourth-order valence-corrected chi connectivity index (χ4v) is 3.23. The normalized spacial score (nSPS) is 19.7. The van der Waals surface area contributed by atoms with Crippen LogP contribution in [0.2, 0.25) is 0 Å². The third-order valence-corrected chi connectivity index (χ3v) is 4.12. The zero-order chi connectivity index (χ0) is 13.0. The number of thioether (sulfide) groups is 1. The van der Waals surface area contributed by atoms with Crippen molar-refractivity contribution < 1.29 is 14.3 Å². The topological polar surface area (TPSA) is 35.5 Å². The second-order valence-corrected chi connectivity index (χ2v) is 5.34. The van der Waals surface area contributed by atoms with Gasteiger partial charge in [-0.3, -0.25) is 4.79 Å². The Balaban J connectivity index is 2.27. The van der Waals surface area contributed by atoms with Crippen LogP contribution in [0.15, 0.2) is 18.2 Å². The van der Waals surface area contributed by atoms with E-state index in [-0.39, 0.29) is 5.92 Å². The molecule has 2 rings (SSSR count). The first-order valence-corrected chi connectivity index (χ1v) is 7.33. The summed E-state index contributed by atoms with van der Waals surface area (Å²) in [5, 5.41) is 0. The molecule has 1 heterocycles. The van der Waals surface area contributed by atoms with Gasteiger partial charge in [0.25, 0.3) is 0 Å². The molecule has 0 unspecified atom stereocenters. The van der Waals surface area contributed by atoms with Crippen molar-refractivity contribution in [1.82, 2.24) is 0 Å². The van der Waals surface area contributed by atoms with E-state index in [1.807, 2.05) is 36.9 Å². The van der Waals surface area contributed by atoms with Gasteiger partial charge in [0.1, 0.15) is 5.78 Å². The molecular formula is C14H18O3S. The largest absolute Gasteiger partial charge is 0.493 e. The number of methoxy groups -OCH3 is 1. The standard InChI is InChI=1S/C14H18O3S/c1-3-17-14-8-10(4-5-13(14)16-2)11-9-18-7-6-12(11)15/h4-5,8,11H,3,6-7,9H2,1-2H3/t11-/m0/s1. The molecule has 0 aromatic heterocycles. The number of ketones is 1. The van der Waals surface area contributed by atoms with E-state index < -0.39 is 0 Å². The minimum atomic E-state index is 0.00821. The lowest BCUT2D eigenvalue weighted by Crippen LogP contribution is -2.20. The van der Waals surface area contributed by atoms with Gasteiger partial charge in [-0.05, 0) is 24.6 Å². The van der Waals surface area contributed by atoms with Crippen LogP contribution in [0.3, 0.4) is 0 Å². The van der Waals surface area contributed by atoms with E-state index in [0.29, 0.717) is 18.8 Å². The van der Waals surface area contributed by atoms with Crippen molar-refractivity contribution in [1.29, 1.82) is 0 Å². The molecule has 1 saturated heterocycles. The molecular weight excluding hydrogens is 248 g/mol. The maximum Gasteiger partial charge on any atom is 0.161 e. The quantitative estimate of drug-likeness (QED) is 0.839. The maximum absolute atomic E-state index is 11.9. The minimum Gasteiger partial charge on any atom is -0.493 e. The van der Waals surface area contributed by atoms with E-state index in [9.17, 15) is 4.79 Å². The molecule has 1 aromatic carbocycles. The van der Waals surface area contributed by atoms with Crippen molar-refractivity contribution in [3.63, 3.8) is 0 Å². The molecule has 0 amide bonds. The smallest absolute Gasteiger partial charge is 0.161 e. The van der Waals surface area contributed by atoms with Crippen LogP contribution >= 0.6 is 11.8 Å². The molecule has 1 aliphatic heterocycles. The van der Waals surface area contributed by atoms with Gasteiger partial charge in [0.2, 0.25) is 0 Å². The fraction of sp³-hybridized carbons (Fsp3) is 0.500. The molecule has 0 N–H and O–H groups in total. The van der Waals surface area contributed by atoms with Gasteiger partial charge in [-0.2, -0.15) is 11.8 Å². The predicted octanol–water partition coefficient (Wildman–Crippen LogP) is 2.88. The van der Waals surface area contributed by atoms with Crippen LogP contribution in [0.4, 0.5) is 0 Å². The van der Waals surface area contributed by atoms with Gasteiger partial charge in [-0.1, -0.05) is 6.07 Å². The second kappa shape index (κ2) is 6.14. The lowest BCUT2D eigenvalue weighted by Gasteiger charge is -2.21. The summed E-state index contributed by atoms with van der Waals surface area (Å²) in [5.74, 6) is 3.60. The number of rotatable bonds is 4. The zero-order valence-electron chi connectivity index (χ0n) is 10.8. The first kappa shape index (κ1) is 13.3. The molecule has 18 heavy (non-hydrogen) atoms. The van der Waals surface area contributed by atoms with Crippen molar-refractivity contribution in [2.24, 2.45) is 0 Å². The van der Waals surface area contributed by atoms with Crippen molar-refractivity contribution in [3.05, 3.63) is 23.8 Å². The summed E-state index contributed by atoms with van der Waals surface area (Å²) in [6, 6.07) is 5.79. The molecule has 0 aliphatic carbocycles. The zero-order valence-corrected chi connectivity index (χ0v) is 11.6. The van der Waals surface area contributed by atoms with Crippen LogP contribution in [0.1, 0.15) is 24.8 Å². The number of hydrogen-bond acceptors (Lipinski definition) is 4. The molecule has 0 spiro atoms. The molecule has 0 saturated carbocycles. The summed E-state index contributed by atoms with van der Waals surface area (Å²) in [4.78, 5) is 11.9. The Morgan fingerprint density at radius 1 is 1.39 bits per heavy atom. The van der Waals surface area contributed by atoms with Crippen LogP contribution in [-0.4, -0.2) is 31.0 Å². The van der Waals surface area contributed by atoms with Crippen LogP contribution in [0, 0.1) is 0 Å². The van der Waals surface area contributed by atoms with E-state index in [0.717, 1.165) is 28.6 Å². The average molecular weight is 266 g/mol. The Hall–Kier alpha value is -1.16. The van der Waals surface area contributed by atoms with Crippen molar-refractivity contribution >= 4 is 17.5 Å². The lowest BCUT2D eigenvalue weighted by molar-refractivity contribution is -0.119. The van der Waals surface area contributed by atoms with E-state index in [4.69, 9.17) is 9.47 Å². The van der Waals surface area contributed by atoms with Gasteiger partial charge >= 0.3 is 0 Å². The number of carbonyl (C=O) groups is 1. The van der Waals surface area contributed by atoms with Crippen LogP contribution in [0.5, 0.6) is 11.5 Å². The highest BCUT2D eigenvalue weighted by Crippen LogP contribution is 2.34. The Bertz CT molecular complexity index is 431. The molecule has 1 aromatic rings. The summed E-state index contributed by atoms with van der Waals surface area (Å²) >= 11 is 1.84. The molecule has 4 heteroatoms. The highest BCUT2D eigenvalue weighted by molar-refractivity contribution is 7.99. The summed E-state index contributed by atoms with van der Waals surface area (Å²) in [7, 11) is 1.62. The van der Waals surface area contributed by atoms with Gasteiger partial charge in [-0.15, -0.1) is 0 Å². The Kier molecular flexibility index (Phi) is 4.53. The highest BCUT2D eigenvalue weighted by atomic mass is 32.2. The summed E-state index contributed by atoms with van der Waals surface area (Å²) in [6.07, 6.45) is 0.672. The van der Waals surface area contributed by atoms with Crippen LogP contribution in [0.25, 0.3) is 0 Å². The minimum absolute atomic E-state index is 0.00821. The number of hydrogen-bond donors (Lipinski definition) is 0. The number of carbonyl (C=O) groups excluding carboxylic acids is 1. The third-order valence-electron chi connectivity index (χ3n) is 3.06. The van der Waals surface area contributed by atoms with Crippen LogP contribution < -0.4 is 9.47 Å². The van der Waals surface area contributed by atoms with E-state index >= 15 is 0 Å². The Labute approximate surface area is 112 Å². The second-order valence-electron chi connectivity index (χ2n) is 4.19. The molecule has 3 nitrogen and oxygen atoms in total. The molecule has 98 valence electrons. The van der Waals surface area contributed by atoms with Gasteiger partial charge in [0.15, 0.2) is 11.5 Å². The summed E-state index contributed by atoms with van der Waals surface area (Å²) in [5.41, 5.74) is 1.04. The van der Waals surface area contributed by atoms with Gasteiger partial charge in [0, 0.05) is 17.9 Å². The first-order valence-electron chi connectivity index (χ1n) is 6.17. The maximum atomic E-state index is 11.9. The van der Waals surface area contributed by atoms with Gasteiger partial charge < -0.3 is 9.47 Å². The number of benzene rings is 1. The fourth-order valence-electron chi connectivity index (χ4n) is 2.10. The van der Waals surface area contributed by atoms with Crippen molar-refractivity contribution in [2.75, 3.05) is 25.2 Å². The Morgan fingerprint density at radius 3 is 2.89 bits per heavy atom. The molecule has 0 radical (unpaired) electrons. The number of Topliss-reactive ketones (excluding diaryl/α,β-unsaturated/α-hetero) is 1. The lowest BCUT2D eigenvalue weighted by atomic mass is 9.94. The SMILES string of the molecule is CCOc1cc([C@@H]2CSCCC2=O)ccc1OC. The summed E-state index contributed by atoms with van der Waals surface area (Å²) < 4.78 is 10.8. The van der Waals surface area contributed by atoms with E-state index in [1.54, 1.807) is 7.11 Å². The monoisotopic (exact) mass is 266 g/mol. The Morgan fingerprint density at radius 2 is 2.22 bits per heavy atom. The molecule has 1 aliphatic rings. The van der Waals surface area contributed by atoms with E-state index in [1.165, 1.54) is 0 Å². The molecule has 1 fully saturated rings. The first-order chi connectivity index (χ1) is 8.76. The van der Waals surface area contributed by atoms with Crippen molar-refractivity contribution in [2.45, 2.75) is 19.3 Å². The van der Waals surface area contributed by atoms with Crippen LogP contribution in [-0.2, 0) is 4.79 Å².